The molecule has 2 aliphatic rings. The van der Waals surface area contributed by atoms with Crippen LogP contribution in [-0.2, 0) is 13.6 Å². The fourth-order valence-electron chi connectivity index (χ4n) is 3.25. The van der Waals surface area contributed by atoms with E-state index in [2.05, 4.69) is 39.3 Å². The minimum atomic E-state index is 0.442. The number of aromatic nitrogens is 3. The van der Waals surface area contributed by atoms with Crippen molar-refractivity contribution in [2.45, 2.75) is 25.8 Å². The number of nitrogens with zero attached hydrogens (tertiary/aromatic N) is 5. The third kappa shape index (κ3) is 4.73. The molecule has 0 bridgehead atoms. The molecule has 144 valence electrons. The highest BCUT2D eigenvalue weighted by molar-refractivity contribution is 7.99. The summed E-state index contributed by atoms with van der Waals surface area (Å²) < 4.78 is 1.77. The third-order valence-corrected chi connectivity index (χ3v) is 5.81. The maximum atomic E-state index is 9.36. The lowest BCUT2D eigenvalue weighted by Gasteiger charge is -2.26. The Hall–Kier alpha value is -2.36. The molecule has 1 aromatic carbocycles. The second-order valence-corrected chi connectivity index (χ2v) is 8.59. The van der Waals surface area contributed by atoms with Crippen LogP contribution in [0.15, 0.2) is 36.7 Å². The number of rotatable bonds is 3. The molecule has 2 fully saturated rings. The van der Waals surface area contributed by atoms with Crippen molar-refractivity contribution in [1.82, 2.24) is 19.7 Å². The molecule has 1 aliphatic carbocycles. The number of hydrogen-bond acceptors (Lipinski definition) is 5. The quantitative estimate of drug-likeness (QED) is 0.669. The van der Waals surface area contributed by atoms with Crippen molar-refractivity contribution in [2.24, 2.45) is 7.05 Å². The van der Waals surface area contributed by atoms with Gasteiger partial charge in [-0.2, -0.15) is 22.1 Å². The molecule has 0 atom stereocenters. The second kappa shape index (κ2) is 8.76. The van der Waals surface area contributed by atoms with Crippen molar-refractivity contribution in [2.75, 3.05) is 24.6 Å². The molecule has 3 aromatic rings. The Balaban J connectivity index is 0.000000586. The minimum Gasteiger partial charge on any atom is -0.297 e. The molecule has 0 unspecified atom stereocenters. The second-order valence-electron chi connectivity index (χ2n) is 7.37. The van der Waals surface area contributed by atoms with Gasteiger partial charge in [-0.25, -0.2) is 4.98 Å². The van der Waals surface area contributed by atoms with Gasteiger partial charge in [-0.1, -0.05) is 31.4 Å². The molecule has 0 amide bonds. The first-order valence-electron chi connectivity index (χ1n) is 9.86. The lowest BCUT2D eigenvalue weighted by atomic mass is 10.0. The zero-order valence-corrected chi connectivity index (χ0v) is 17.1. The summed E-state index contributed by atoms with van der Waals surface area (Å²) in [7, 11) is 1.90. The fourth-order valence-corrected chi connectivity index (χ4v) is 4.22. The van der Waals surface area contributed by atoms with Gasteiger partial charge in [-0.15, -0.1) is 0 Å². The largest absolute Gasteiger partial charge is 0.297 e. The minimum absolute atomic E-state index is 0.442. The van der Waals surface area contributed by atoms with Gasteiger partial charge in [0.05, 0.1) is 11.7 Å². The van der Waals surface area contributed by atoms with Gasteiger partial charge >= 0.3 is 0 Å². The zero-order chi connectivity index (χ0) is 19.3. The van der Waals surface area contributed by atoms with Crippen LogP contribution in [0.5, 0.6) is 0 Å². The van der Waals surface area contributed by atoms with Gasteiger partial charge in [0, 0.05) is 55.3 Å². The molecule has 2 aromatic heterocycles. The first kappa shape index (κ1) is 19.0. The Bertz CT molecular complexity index is 993. The van der Waals surface area contributed by atoms with Crippen LogP contribution >= 0.6 is 11.8 Å². The van der Waals surface area contributed by atoms with Crippen LogP contribution in [0.2, 0.25) is 0 Å². The summed E-state index contributed by atoms with van der Waals surface area (Å²) in [6.45, 7) is 3.21. The molecule has 0 radical (unpaired) electrons. The standard InChI is InChI=1S/C19H19N5S.C3H6/c1-23-13-15(11-21-23)18-9-16(10-20)22-19-8-14(2-3-17(18)19)12-24-4-6-25-7-5-24;1-2-3-1/h2-3,8-9,11,13H,4-7,12H2,1H3;1-3H2. The van der Waals surface area contributed by atoms with Crippen molar-refractivity contribution in [1.29, 1.82) is 5.26 Å². The first-order valence-corrected chi connectivity index (χ1v) is 11.0. The maximum absolute atomic E-state index is 9.36. The number of pyridine rings is 1. The molecule has 1 saturated heterocycles. The molecular weight excluding hydrogens is 366 g/mol. The van der Waals surface area contributed by atoms with Gasteiger partial charge in [-0.3, -0.25) is 9.58 Å². The monoisotopic (exact) mass is 391 g/mol. The highest BCUT2D eigenvalue weighted by atomic mass is 32.2. The van der Waals surface area contributed by atoms with E-state index < -0.39 is 0 Å². The molecule has 5 nitrogen and oxygen atoms in total. The van der Waals surface area contributed by atoms with Crippen LogP contribution in [-0.4, -0.2) is 44.3 Å². The van der Waals surface area contributed by atoms with Gasteiger partial charge in [0.15, 0.2) is 0 Å². The molecule has 0 N–H and O–H groups in total. The highest BCUT2D eigenvalue weighted by Crippen LogP contribution is 2.29. The van der Waals surface area contributed by atoms with Gasteiger partial charge in [0.2, 0.25) is 0 Å². The van der Waals surface area contributed by atoms with Crippen LogP contribution in [0.25, 0.3) is 22.0 Å². The SMILES string of the molecule is C1CC1.Cn1cc(-c2cc(C#N)nc3cc(CN4CCSCC4)ccc23)cn1. The molecular formula is C22H25N5S. The van der Waals surface area contributed by atoms with E-state index in [0.717, 1.165) is 41.7 Å². The van der Waals surface area contributed by atoms with Crippen LogP contribution in [0, 0.1) is 11.3 Å². The summed E-state index contributed by atoms with van der Waals surface area (Å²) in [6, 6.07) is 10.5. The predicted molar refractivity (Wildman–Crippen MR) is 115 cm³/mol. The maximum Gasteiger partial charge on any atom is 0.141 e. The van der Waals surface area contributed by atoms with E-state index in [9.17, 15) is 5.26 Å². The van der Waals surface area contributed by atoms with E-state index in [1.165, 1.54) is 36.3 Å². The molecule has 1 aliphatic heterocycles. The first-order chi connectivity index (χ1) is 13.7. The highest BCUT2D eigenvalue weighted by Gasteiger charge is 2.13. The summed E-state index contributed by atoms with van der Waals surface area (Å²) in [4.78, 5) is 7.01. The average Bonchev–Trinajstić information content (AvgIpc) is 3.55. The summed E-state index contributed by atoms with van der Waals surface area (Å²) in [5, 5.41) is 14.7. The normalized spacial score (nSPS) is 16.3. The lowest BCUT2D eigenvalue weighted by Crippen LogP contribution is -2.31. The summed E-state index contributed by atoms with van der Waals surface area (Å²) in [5.74, 6) is 2.41. The molecule has 28 heavy (non-hydrogen) atoms. The van der Waals surface area contributed by atoms with E-state index in [0.29, 0.717) is 5.69 Å². The Morgan fingerprint density at radius 1 is 1.14 bits per heavy atom. The van der Waals surface area contributed by atoms with Gasteiger partial charge in [0.25, 0.3) is 0 Å². The van der Waals surface area contributed by atoms with E-state index in [1.807, 2.05) is 37.3 Å². The summed E-state index contributed by atoms with van der Waals surface area (Å²) in [6.07, 6.45) is 8.30. The number of benzene rings is 1. The molecule has 3 heterocycles. The average molecular weight is 392 g/mol. The van der Waals surface area contributed by atoms with Crippen molar-refractivity contribution in [3.63, 3.8) is 0 Å². The van der Waals surface area contributed by atoms with Crippen LogP contribution < -0.4 is 0 Å². The van der Waals surface area contributed by atoms with Crippen molar-refractivity contribution >= 4 is 22.7 Å². The number of nitriles is 1. The van der Waals surface area contributed by atoms with Crippen LogP contribution in [0.3, 0.4) is 0 Å². The van der Waals surface area contributed by atoms with E-state index >= 15 is 0 Å². The van der Waals surface area contributed by atoms with Crippen molar-refractivity contribution < 1.29 is 0 Å². The van der Waals surface area contributed by atoms with Gasteiger partial charge in [0.1, 0.15) is 11.8 Å². The molecule has 0 spiro atoms. The smallest absolute Gasteiger partial charge is 0.141 e. The number of aryl methyl sites for hydroxylation is 1. The Morgan fingerprint density at radius 3 is 2.57 bits per heavy atom. The number of thioether (sulfide) groups is 1. The third-order valence-electron chi connectivity index (χ3n) is 4.87. The van der Waals surface area contributed by atoms with Crippen molar-refractivity contribution in [3.8, 4) is 17.2 Å². The topological polar surface area (TPSA) is 57.7 Å². The summed E-state index contributed by atoms with van der Waals surface area (Å²) in [5.41, 5.74) is 4.58. The van der Waals surface area contributed by atoms with E-state index in [-0.39, 0.29) is 0 Å². The van der Waals surface area contributed by atoms with E-state index in [4.69, 9.17) is 0 Å². The Labute approximate surface area is 170 Å². The van der Waals surface area contributed by atoms with Gasteiger partial charge in [-0.05, 0) is 23.3 Å². The zero-order valence-electron chi connectivity index (χ0n) is 16.3. The molecule has 1 saturated carbocycles. The van der Waals surface area contributed by atoms with Gasteiger partial charge < -0.3 is 0 Å². The van der Waals surface area contributed by atoms with Crippen LogP contribution in [0.4, 0.5) is 0 Å². The molecule has 6 heteroatoms. The molecule has 5 rings (SSSR count). The van der Waals surface area contributed by atoms with Crippen LogP contribution in [0.1, 0.15) is 30.5 Å². The Kier molecular flexibility index (Phi) is 5.94. The van der Waals surface area contributed by atoms with Crippen molar-refractivity contribution in [3.05, 3.63) is 47.9 Å². The fraction of sp³-hybridized carbons (Fsp3) is 0.409. The number of fused-ring (bicyclic) bond motifs is 1. The Morgan fingerprint density at radius 2 is 1.93 bits per heavy atom. The van der Waals surface area contributed by atoms with E-state index in [1.54, 1.807) is 4.68 Å². The lowest BCUT2D eigenvalue weighted by molar-refractivity contribution is 0.295. The number of hydrogen-bond donors (Lipinski definition) is 0. The predicted octanol–water partition coefficient (Wildman–Crippen LogP) is 4.23. The summed E-state index contributed by atoms with van der Waals surface area (Å²) >= 11 is 2.02.